The number of aromatic nitrogens is 3. The smallest absolute Gasteiger partial charge is 0.224 e. The number of anilines is 1. The summed E-state index contributed by atoms with van der Waals surface area (Å²) < 4.78 is 15.5. The molecule has 1 saturated carbocycles. The van der Waals surface area contributed by atoms with Gasteiger partial charge in [-0.25, -0.2) is 14.1 Å². The highest BCUT2D eigenvalue weighted by Gasteiger charge is 2.32. The van der Waals surface area contributed by atoms with Crippen LogP contribution in [0.5, 0.6) is 0 Å². The molecule has 0 radical (unpaired) electrons. The summed E-state index contributed by atoms with van der Waals surface area (Å²) in [6.07, 6.45) is 8.55. The second-order valence-electron chi connectivity index (χ2n) is 6.50. The Kier molecular flexibility index (Phi) is 4.89. The average Bonchev–Trinajstić information content (AvgIpc) is 3.10. The van der Waals surface area contributed by atoms with Crippen molar-refractivity contribution in [2.45, 2.75) is 38.5 Å². The molecule has 1 aliphatic carbocycles. The number of nitrogens with one attached hydrogen (secondary N) is 1. The lowest BCUT2D eigenvalue weighted by atomic mass is 9.71. The van der Waals surface area contributed by atoms with Crippen LogP contribution in [0.1, 0.15) is 38.5 Å². The molecule has 1 heterocycles. The van der Waals surface area contributed by atoms with Gasteiger partial charge in [-0.3, -0.25) is 4.79 Å². The van der Waals surface area contributed by atoms with Gasteiger partial charge in [-0.05, 0) is 43.0 Å². The summed E-state index contributed by atoms with van der Waals surface area (Å²) in [4.78, 5) is 16.1. The molecule has 1 fully saturated rings. The first kappa shape index (κ1) is 16.6. The van der Waals surface area contributed by atoms with Gasteiger partial charge in [0.2, 0.25) is 5.91 Å². The Morgan fingerprint density at radius 1 is 1.33 bits per heavy atom. The fraction of sp³-hybridized carbons (Fsp3) is 0.471. The van der Waals surface area contributed by atoms with Gasteiger partial charge in [-0.15, -0.1) is 0 Å². The highest BCUT2D eigenvalue weighted by Crippen LogP contribution is 2.38. The molecule has 2 aromatic rings. The molecular weight excluding hydrogens is 309 g/mol. The number of nitrogens with zero attached hydrogens (tertiary/aromatic N) is 3. The van der Waals surface area contributed by atoms with Crippen LogP contribution in [0.3, 0.4) is 0 Å². The molecule has 1 aromatic heterocycles. The number of hydrogen-bond donors (Lipinski definition) is 2. The van der Waals surface area contributed by atoms with E-state index in [-0.39, 0.29) is 17.0 Å². The van der Waals surface area contributed by atoms with E-state index < -0.39 is 5.82 Å². The van der Waals surface area contributed by atoms with E-state index in [1.54, 1.807) is 12.1 Å². The molecule has 128 valence electrons. The Hall–Kier alpha value is -2.28. The Morgan fingerprint density at radius 3 is 2.75 bits per heavy atom. The quantitative estimate of drug-likeness (QED) is 0.882. The zero-order chi connectivity index (χ0) is 17.0. The lowest BCUT2D eigenvalue weighted by Gasteiger charge is -2.35. The lowest BCUT2D eigenvalue weighted by molar-refractivity contribution is -0.118. The average molecular weight is 331 g/mol. The van der Waals surface area contributed by atoms with E-state index in [0.29, 0.717) is 18.7 Å². The maximum Gasteiger partial charge on any atom is 0.224 e. The second kappa shape index (κ2) is 7.09. The summed E-state index contributed by atoms with van der Waals surface area (Å²) in [7, 11) is 0. The Balaban J connectivity index is 1.67. The van der Waals surface area contributed by atoms with Gasteiger partial charge in [0.05, 0.1) is 0 Å². The van der Waals surface area contributed by atoms with Crippen LogP contribution >= 0.6 is 0 Å². The van der Waals surface area contributed by atoms with Crippen molar-refractivity contribution < 1.29 is 9.18 Å². The molecule has 1 amide bonds. The van der Waals surface area contributed by atoms with Crippen LogP contribution in [0.2, 0.25) is 0 Å². The molecule has 3 rings (SSSR count). The maximum absolute atomic E-state index is 14.2. The highest BCUT2D eigenvalue weighted by molar-refractivity contribution is 5.91. The van der Waals surface area contributed by atoms with Crippen LogP contribution in [-0.4, -0.2) is 27.2 Å². The van der Waals surface area contributed by atoms with Crippen LogP contribution in [0.15, 0.2) is 30.9 Å². The number of carbonyl (C=O) groups excluding carboxylic acids is 1. The van der Waals surface area contributed by atoms with Crippen LogP contribution in [0, 0.1) is 11.2 Å². The fourth-order valence-corrected chi connectivity index (χ4v) is 3.40. The van der Waals surface area contributed by atoms with Crippen molar-refractivity contribution in [3.63, 3.8) is 0 Å². The standard InChI is InChI=1S/C17H22FN5O/c18-14-8-13(4-5-15(14)23-12-20-11-21-23)22-16(24)9-17(10-19)6-2-1-3-7-17/h4-5,8,11-12H,1-3,6-7,9-10,19H2,(H,22,24). The van der Waals surface area contributed by atoms with Crippen molar-refractivity contribution >= 4 is 11.6 Å². The van der Waals surface area contributed by atoms with Crippen molar-refractivity contribution in [1.82, 2.24) is 14.8 Å². The van der Waals surface area contributed by atoms with Crippen molar-refractivity contribution in [2.75, 3.05) is 11.9 Å². The highest BCUT2D eigenvalue weighted by atomic mass is 19.1. The molecule has 0 saturated heterocycles. The molecular formula is C17H22FN5O. The van der Waals surface area contributed by atoms with Gasteiger partial charge < -0.3 is 11.1 Å². The number of benzene rings is 1. The number of carbonyl (C=O) groups is 1. The molecule has 1 aliphatic rings. The monoisotopic (exact) mass is 331 g/mol. The first-order valence-electron chi connectivity index (χ1n) is 8.26. The molecule has 0 aliphatic heterocycles. The van der Waals surface area contributed by atoms with Crippen molar-refractivity contribution in [3.05, 3.63) is 36.7 Å². The Morgan fingerprint density at radius 2 is 2.12 bits per heavy atom. The summed E-state index contributed by atoms with van der Waals surface area (Å²) in [6, 6.07) is 4.53. The minimum absolute atomic E-state index is 0.110. The van der Waals surface area contributed by atoms with E-state index in [4.69, 9.17) is 5.73 Å². The number of nitrogens with two attached hydrogens (primary N) is 1. The molecule has 24 heavy (non-hydrogen) atoms. The summed E-state index contributed by atoms with van der Waals surface area (Å²) in [5.74, 6) is -0.584. The summed E-state index contributed by atoms with van der Waals surface area (Å²) in [5.41, 5.74) is 6.54. The van der Waals surface area contributed by atoms with Gasteiger partial charge in [0.25, 0.3) is 0 Å². The van der Waals surface area contributed by atoms with Crippen LogP contribution in [0.25, 0.3) is 5.69 Å². The Bertz CT molecular complexity index is 695. The van der Waals surface area contributed by atoms with Gasteiger partial charge in [0, 0.05) is 12.1 Å². The first-order valence-corrected chi connectivity index (χ1v) is 8.26. The fourth-order valence-electron chi connectivity index (χ4n) is 3.40. The van der Waals surface area contributed by atoms with Crippen molar-refractivity contribution in [2.24, 2.45) is 11.1 Å². The third kappa shape index (κ3) is 3.62. The molecule has 1 aromatic carbocycles. The van der Waals surface area contributed by atoms with E-state index in [1.807, 2.05) is 0 Å². The topological polar surface area (TPSA) is 85.8 Å². The minimum atomic E-state index is -0.468. The van der Waals surface area contributed by atoms with Gasteiger partial charge in [-0.1, -0.05) is 19.3 Å². The van der Waals surface area contributed by atoms with Crippen LogP contribution in [0.4, 0.5) is 10.1 Å². The van der Waals surface area contributed by atoms with Crippen LogP contribution in [-0.2, 0) is 4.79 Å². The molecule has 6 nitrogen and oxygen atoms in total. The normalized spacial score (nSPS) is 16.8. The second-order valence-corrected chi connectivity index (χ2v) is 6.50. The van der Waals surface area contributed by atoms with E-state index in [2.05, 4.69) is 15.4 Å². The number of halogens is 1. The predicted octanol–water partition coefficient (Wildman–Crippen LogP) is 2.64. The third-order valence-electron chi connectivity index (χ3n) is 4.78. The molecule has 0 unspecified atom stereocenters. The molecule has 0 bridgehead atoms. The zero-order valence-electron chi connectivity index (χ0n) is 13.5. The third-order valence-corrected chi connectivity index (χ3v) is 4.78. The van der Waals surface area contributed by atoms with Gasteiger partial charge in [-0.2, -0.15) is 5.10 Å². The van der Waals surface area contributed by atoms with E-state index in [1.165, 1.54) is 29.8 Å². The summed E-state index contributed by atoms with van der Waals surface area (Å²) in [5, 5.41) is 6.68. The largest absolute Gasteiger partial charge is 0.330 e. The van der Waals surface area contributed by atoms with E-state index in [0.717, 1.165) is 25.7 Å². The predicted molar refractivity (Wildman–Crippen MR) is 89.1 cm³/mol. The molecule has 0 atom stereocenters. The molecule has 3 N–H and O–H groups in total. The number of hydrogen-bond acceptors (Lipinski definition) is 4. The van der Waals surface area contributed by atoms with Gasteiger partial charge in [0.15, 0.2) is 5.82 Å². The van der Waals surface area contributed by atoms with Crippen molar-refractivity contribution in [3.8, 4) is 5.69 Å². The summed E-state index contributed by atoms with van der Waals surface area (Å²) in [6.45, 7) is 0.514. The molecule has 7 heteroatoms. The van der Waals surface area contributed by atoms with E-state index >= 15 is 0 Å². The SMILES string of the molecule is NCC1(CC(=O)Nc2ccc(-n3cncn3)c(F)c2)CCCCC1. The maximum atomic E-state index is 14.2. The van der Waals surface area contributed by atoms with Crippen LogP contribution < -0.4 is 11.1 Å². The minimum Gasteiger partial charge on any atom is -0.330 e. The van der Waals surface area contributed by atoms with Crippen molar-refractivity contribution in [1.29, 1.82) is 0 Å². The number of amides is 1. The first-order chi connectivity index (χ1) is 11.6. The zero-order valence-corrected chi connectivity index (χ0v) is 13.5. The Labute approximate surface area is 140 Å². The lowest BCUT2D eigenvalue weighted by Crippen LogP contribution is -2.36. The van der Waals surface area contributed by atoms with Gasteiger partial charge in [0.1, 0.15) is 18.3 Å². The van der Waals surface area contributed by atoms with E-state index in [9.17, 15) is 9.18 Å². The summed E-state index contributed by atoms with van der Waals surface area (Å²) >= 11 is 0. The molecule has 0 spiro atoms. The van der Waals surface area contributed by atoms with Gasteiger partial charge >= 0.3 is 0 Å². The number of rotatable bonds is 5.